The first kappa shape index (κ1) is 12.4. The molecule has 1 N–H and O–H groups in total. The van der Waals surface area contributed by atoms with E-state index in [1.54, 1.807) is 15.3 Å². The summed E-state index contributed by atoms with van der Waals surface area (Å²) in [4.78, 5) is 14.5. The van der Waals surface area contributed by atoms with Gasteiger partial charge in [0.1, 0.15) is 0 Å². The van der Waals surface area contributed by atoms with E-state index in [-0.39, 0.29) is 5.69 Å². The first-order valence-electron chi connectivity index (χ1n) is 6.75. The lowest BCUT2D eigenvalue weighted by Gasteiger charge is -2.33. The van der Waals surface area contributed by atoms with Crippen molar-refractivity contribution in [3.63, 3.8) is 0 Å². The van der Waals surface area contributed by atoms with E-state index in [1.807, 2.05) is 18.2 Å². The van der Waals surface area contributed by atoms with Crippen LogP contribution in [0.4, 0.5) is 0 Å². The normalized spacial score (nSPS) is 21.0. The van der Waals surface area contributed by atoms with Crippen LogP contribution in [0.15, 0.2) is 29.2 Å². The molecular weight excluding hydrogens is 242 g/mol. The molecule has 3 rings (SSSR count). The Morgan fingerprint density at radius 1 is 1.42 bits per heavy atom. The van der Waals surface area contributed by atoms with Crippen molar-refractivity contribution in [2.24, 2.45) is 0 Å². The predicted octanol–water partition coefficient (Wildman–Crippen LogP) is -0.210. The van der Waals surface area contributed by atoms with Crippen LogP contribution >= 0.6 is 0 Å². The number of pyridine rings is 1. The molecule has 1 aliphatic rings. The molecule has 0 radical (unpaired) electrons. The highest BCUT2D eigenvalue weighted by atomic mass is 16.2. The van der Waals surface area contributed by atoms with Gasteiger partial charge >= 0.3 is 5.69 Å². The summed E-state index contributed by atoms with van der Waals surface area (Å²) in [6.45, 7) is 6.78. The van der Waals surface area contributed by atoms with E-state index in [0.717, 1.165) is 26.2 Å². The minimum Gasteiger partial charge on any atom is -0.314 e. The number of hydrogen-bond donors (Lipinski definition) is 1. The molecule has 0 amide bonds. The summed E-state index contributed by atoms with van der Waals surface area (Å²) in [7, 11) is 0. The van der Waals surface area contributed by atoms with Gasteiger partial charge in [-0.1, -0.05) is 6.07 Å². The molecule has 0 unspecified atom stereocenters. The topological polar surface area (TPSA) is 54.6 Å². The second-order valence-electron chi connectivity index (χ2n) is 5.02. The average Bonchev–Trinajstić information content (AvgIpc) is 2.75. The molecule has 0 bridgehead atoms. The molecule has 1 aliphatic heterocycles. The third-order valence-electron chi connectivity index (χ3n) is 3.73. The molecule has 1 fully saturated rings. The number of piperazine rings is 1. The van der Waals surface area contributed by atoms with Crippen molar-refractivity contribution in [3.8, 4) is 0 Å². The van der Waals surface area contributed by atoms with E-state index < -0.39 is 0 Å². The van der Waals surface area contributed by atoms with Gasteiger partial charge in [-0.2, -0.15) is 0 Å². The van der Waals surface area contributed by atoms with Crippen LogP contribution in [0.3, 0.4) is 0 Å². The van der Waals surface area contributed by atoms with Crippen LogP contribution in [0.1, 0.15) is 6.92 Å². The van der Waals surface area contributed by atoms with Crippen molar-refractivity contribution in [2.45, 2.75) is 19.5 Å². The maximum absolute atomic E-state index is 12.1. The molecular formula is C13H19N5O. The largest absolute Gasteiger partial charge is 0.350 e. The second kappa shape index (κ2) is 5.14. The average molecular weight is 261 g/mol. The quantitative estimate of drug-likeness (QED) is 0.830. The lowest BCUT2D eigenvalue weighted by atomic mass is 10.2. The van der Waals surface area contributed by atoms with Crippen molar-refractivity contribution < 1.29 is 0 Å². The van der Waals surface area contributed by atoms with Crippen LogP contribution in [0.2, 0.25) is 0 Å². The van der Waals surface area contributed by atoms with E-state index in [1.165, 1.54) is 0 Å². The molecule has 6 nitrogen and oxygen atoms in total. The van der Waals surface area contributed by atoms with E-state index in [4.69, 9.17) is 0 Å². The van der Waals surface area contributed by atoms with Gasteiger partial charge in [-0.3, -0.25) is 9.30 Å². The summed E-state index contributed by atoms with van der Waals surface area (Å²) < 4.78 is 3.14. The summed E-state index contributed by atoms with van der Waals surface area (Å²) in [5, 5.41) is 7.71. The molecule has 0 aromatic carbocycles. The molecule has 2 aromatic heterocycles. The smallest absolute Gasteiger partial charge is 0.314 e. The lowest BCUT2D eigenvalue weighted by molar-refractivity contribution is 0.165. The monoisotopic (exact) mass is 261 g/mol. The van der Waals surface area contributed by atoms with Crippen LogP contribution in [0.25, 0.3) is 5.65 Å². The SMILES string of the molecule is C[C@H]1CNCCN1CCn1nc2ccccn2c1=O. The van der Waals surface area contributed by atoms with Crippen molar-refractivity contribution in [3.05, 3.63) is 34.9 Å². The van der Waals surface area contributed by atoms with E-state index in [9.17, 15) is 4.79 Å². The summed E-state index contributed by atoms with van der Waals surface area (Å²) in [6.07, 6.45) is 1.76. The Balaban J connectivity index is 1.75. The number of aromatic nitrogens is 3. The Bertz CT molecular complexity index is 617. The number of hydrogen-bond acceptors (Lipinski definition) is 4. The van der Waals surface area contributed by atoms with E-state index in [2.05, 4.69) is 22.2 Å². The molecule has 0 aliphatic carbocycles. The van der Waals surface area contributed by atoms with Gasteiger partial charge < -0.3 is 5.32 Å². The van der Waals surface area contributed by atoms with Gasteiger partial charge in [-0.15, -0.1) is 5.10 Å². The molecule has 1 atom stereocenters. The zero-order chi connectivity index (χ0) is 13.2. The molecule has 0 spiro atoms. The van der Waals surface area contributed by atoms with Crippen LogP contribution in [0.5, 0.6) is 0 Å². The second-order valence-corrected chi connectivity index (χ2v) is 5.02. The van der Waals surface area contributed by atoms with E-state index in [0.29, 0.717) is 18.2 Å². The fourth-order valence-electron chi connectivity index (χ4n) is 2.55. The maximum Gasteiger partial charge on any atom is 0.350 e. The molecule has 102 valence electrons. The van der Waals surface area contributed by atoms with Crippen molar-refractivity contribution in [2.75, 3.05) is 26.2 Å². The number of nitrogens with zero attached hydrogens (tertiary/aromatic N) is 4. The first-order valence-corrected chi connectivity index (χ1v) is 6.75. The molecule has 6 heteroatoms. The number of fused-ring (bicyclic) bond motifs is 1. The third-order valence-corrected chi connectivity index (χ3v) is 3.73. The number of rotatable bonds is 3. The summed E-state index contributed by atoms with van der Waals surface area (Å²) in [5.74, 6) is 0. The zero-order valence-electron chi connectivity index (χ0n) is 11.1. The lowest BCUT2D eigenvalue weighted by Crippen LogP contribution is -2.50. The fourth-order valence-corrected chi connectivity index (χ4v) is 2.55. The fraction of sp³-hybridized carbons (Fsp3) is 0.538. The van der Waals surface area contributed by atoms with Gasteiger partial charge in [0.2, 0.25) is 0 Å². The van der Waals surface area contributed by atoms with Crippen LogP contribution in [0, 0.1) is 0 Å². The van der Waals surface area contributed by atoms with Gasteiger partial charge in [-0.05, 0) is 19.1 Å². The molecule has 0 saturated carbocycles. The Morgan fingerprint density at radius 2 is 2.32 bits per heavy atom. The van der Waals surface area contributed by atoms with Gasteiger partial charge in [0.25, 0.3) is 0 Å². The summed E-state index contributed by atoms with van der Waals surface area (Å²) in [5.41, 5.74) is 0.652. The Hall–Kier alpha value is -1.66. The maximum atomic E-state index is 12.1. The minimum absolute atomic E-state index is 0.0570. The van der Waals surface area contributed by atoms with Gasteiger partial charge in [-0.25, -0.2) is 9.48 Å². The van der Waals surface area contributed by atoms with E-state index >= 15 is 0 Å². The first-order chi connectivity index (χ1) is 9.25. The van der Waals surface area contributed by atoms with Crippen molar-refractivity contribution in [1.29, 1.82) is 0 Å². The highest BCUT2D eigenvalue weighted by Gasteiger charge is 2.17. The van der Waals surface area contributed by atoms with Crippen LogP contribution in [-0.2, 0) is 6.54 Å². The Kier molecular flexibility index (Phi) is 3.35. The zero-order valence-corrected chi connectivity index (χ0v) is 11.1. The predicted molar refractivity (Wildman–Crippen MR) is 73.4 cm³/mol. The van der Waals surface area contributed by atoms with Crippen molar-refractivity contribution >= 4 is 5.65 Å². The number of nitrogens with one attached hydrogen (secondary N) is 1. The molecule has 2 aromatic rings. The molecule has 1 saturated heterocycles. The van der Waals surface area contributed by atoms with Gasteiger partial charge in [0, 0.05) is 38.4 Å². The summed E-state index contributed by atoms with van der Waals surface area (Å²) in [6, 6.07) is 6.11. The molecule has 3 heterocycles. The molecule has 19 heavy (non-hydrogen) atoms. The van der Waals surface area contributed by atoms with Gasteiger partial charge in [0.15, 0.2) is 5.65 Å². The highest BCUT2D eigenvalue weighted by molar-refractivity contribution is 5.35. The van der Waals surface area contributed by atoms with Gasteiger partial charge in [0.05, 0.1) is 6.54 Å². The highest BCUT2D eigenvalue weighted by Crippen LogP contribution is 2.02. The standard InChI is InChI=1S/C13H19N5O/c1-11-10-14-5-7-16(11)8-9-18-13(19)17-6-3-2-4-12(17)15-18/h2-4,6,11,14H,5,7-10H2,1H3/t11-/m0/s1. The Morgan fingerprint density at radius 3 is 3.11 bits per heavy atom. The van der Waals surface area contributed by atoms with Crippen LogP contribution < -0.4 is 11.0 Å². The van der Waals surface area contributed by atoms with Crippen molar-refractivity contribution in [1.82, 2.24) is 24.4 Å². The minimum atomic E-state index is -0.0570. The third kappa shape index (κ3) is 2.41. The van der Waals surface area contributed by atoms with Crippen LogP contribution in [-0.4, -0.2) is 51.3 Å². The Labute approximate surface area is 111 Å². The summed E-state index contributed by atoms with van der Waals surface area (Å²) >= 11 is 0.